The molecule has 0 aliphatic carbocycles. The monoisotopic (exact) mass is 292 g/mol. The lowest BCUT2D eigenvalue weighted by atomic mass is 10.1. The van der Waals surface area contributed by atoms with Gasteiger partial charge in [0.05, 0.1) is 25.7 Å². The lowest BCUT2D eigenvalue weighted by Gasteiger charge is -2.30. The van der Waals surface area contributed by atoms with Crippen LogP contribution in [-0.4, -0.2) is 56.8 Å². The second-order valence-corrected chi connectivity index (χ2v) is 5.31. The van der Waals surface area contributed by atoms with Crippen molar-refractivity contribution in [3.8, 4) is 5.75 Å². The summed E-state index contributed by atoms with van der Waals surface area (Å²) in [5.41, 5.74) is 0.984. The van der Waals surface area contributed by atoms with Crippen LogP contribution in [0.2, 0.25) is 0 Å². The van der Waals surface area contributed by atoms with Crippen molar-refractivity contribution in [2.75, 3.05) is 39.9 Å². The van der Waals surface area contributed by atoms with Crippen molar-refractivity contribution in [1.82, 2.24) is 10.2 Å². The Morgan fingerprint density at radius 2 is 2.19 bits per heavy atom. The minimum Gasteiger partial charge on any atom is -0.494 e. The number of hydrogen-bond acceptors (Lipinski definition) is 4. The van der Waals surface area contributed by atoms with Crippen LogP contribution in [0.3, 0.4) is 0 Å². The molecule has 1 aliphatic rings. The molecule has 5 heteroatoms. The van der Waals surface area contributed by atoms with Gasteiger partial charge in [0.1, 0.15) is 5.75 Å². The van der Waals surface area contributed by atoms with Gasteiger partial charge >= 0.3 is 0 Å². The molecule has 0 saturated carbocycles. The van der Waals surface area contributed by atoms with Crippen molar-refractivity contribution < 1.29 is 14.3 Å². The number of morpholine rings is 1. The standard InChI is InChI=1S/C16H24N2O3/c1-3-20-14-6-4-13(5-7-14)10-16(19)17-11-15-12-18(2)8-9-21-15/h4-7,15H,3,8-12H2,1-2H3,(H,17,19). The number of carbonyl (C=O) groups excluding carboxylic acids is 1. The maximum Gasteiger partial charge on any atom is 0.224 e. The third kappa shape index (κ3) is 5.36. The first-order valence-corrected chi connectivity index (χ1v) is 7.46. The Hall–Kier alpha value is -1.59. The van der Waals surface area contributed by atoms with Crippen LogP contribution in [0.1, 0.15) is 12.5 Å². The van der Waals surface area contributed by atoms with E-state index in [1.165, 1.54) is 0 Å². The van der Waals surface area contributed by atoms with E-state index in [1.54, 1.807) is 0 Å². The molecule has 1 fully saturated rings. The lowest BCUT2D eigenvalue weighted by Crippen LogP contribution is -2.46. The van der Waals surface area contributed by atoms with E-state index in [2.05, 4.69) is 17.3 Å². The minimum atomic E-state index is 0.0241. The molecule has 2 rings (SSSR count). The molecule has 116 valence electrons. The minimum absolute atomic E-state index is 0.0241. The molecule has 1 unspecified atom stereocenters. The van der Waals surface area contributed by atoms with Crippen molar-refractivity contribution >= 4 is 5.91 Å². The Bertz CT molecular complexity index is 447. The molecular formula is C16H24N2O3. The van der Waals surface area contributed by atoms with Gasteiger partial charge in [-0.2, -0.15) is 0 Å². The van der Waals surface area contributed by atoms with E-state index in [0.717, 1.165) is 31.0 Å². The Kier molecular flexibility index (Phi) is 6.02. The number of ether oxygens (including phenoxy) is 2. The molecule has 0 bridgehead atoms. The van der Waals surface area contributed by atoms with E-state index in [4.69, 9.17) is 9.47 Å². The van der Waals surface area contributed by atoms with Crippen LogP contribution in [0.15, 0.2) is 24.3 Å². The summed E-state index contributed by atoms with van der Waals surface area (Å²) in [5, 5.41) is 2.94. The number of amides is 1. The highest BCUT2D eigenvalue weighted by atomic mass is 16.5. The van der Waals surface area contributed by atoms with Crippen LogP contribution in [0.5, 0.6) is 5.75 Å². The normalized spacial score (nSPS) is 19.2. The first-order chi connectivity index (χ1) is 10.2. The maximum atomic E-state index is 11.9. The topological polar surface area (TPSA) is 50.8 Å². The molecule has 1 aliphatic heterocycles. The van der Waals surface area contributed by atoms with Gasteiger partial charge in [-0.25, -0.2) is 0 Å². The number of nitrogens with one attached hydrogen (secondary N) is 1. The molecule has 1 aromatic rings. The molecule has 0 spiro atoms. The maximum absolute atomic E-state index is 11.9. The summed E-state index contributed by atoms with van der Waals surface area (Å²) in [6.45, 7) is 5.72. The zero-order valence-electron chi connectivity index (χ0n) is 12.8. The van der Waals surface area contributed by atoms with Gasteiger partial charge in [-0.3, -0.25) is 4.79 Å². The van der Waals surface area contributed by atoms with Crippen LogP contribution in [0.4, 0.5) is 0 Å². The van der Waals surface area contributed by atoms with E-state index >= 15 is 0 Å². The van der Waals surface area contributed by atoms with Crippen LogP contribution in [0.25, 0.3) is 0 Å². The van der Waals surface area contributed by atoms with Gasteiger partial charge in [-0.05, 0) is 31.7 Å². The second kappa shape index (κ2) is 8.00. The number of benzene rings is 1. The van der Waals surface area contributed by atoms with E-state index in [1.807, 2.05) is 31.2 Å². The fourth-order valence-electron chi connectivity index (χ4n) is 2.34. The van der Waals surface area contributed by atoms with Crippen LogP contribution in [0, 0.1) is 0 Å². The molecule has 1 saturated heterocycles. The van der Waals surface area contributed by atoms with Crippen LogP contribution >= 0.6 is 0 Å². The fourth-order valence-corrected chi connectivity index (χ4v) is 2.34. The summed E-state index contributed by atoms with van der Waals surface area (Å²) in [6, 6.07) is 7.64. The van der Waals surface area contributed by atoms with Gasteiger partial charge in [0.2, 0.25) is 5.91 Å². The van der Waals surface area contributed by atoms with Gasteiger partial charge < -0.3 is 19.7 Å². The zero-order chi connectivity index (χ0) is 15.1. The summed E-state index contributed by atoms with van der Waals surface area (Å²) in [6.07, 6.45) is 0.475. The number of nitrogens with zero attached hydrogens (tertiary/aromatic N) is 1. The van der Waals surface area contributed by atoms with E-state index in [0.29, 0.717) is 19.6 Å². The Balaban J connectivity index is 1.73. The van der Waals surface area contributed by atoms with Crippen LogP contribution in [-0.2, 0) is 16.0 Å². The molecule has 1 atom stereocenters. The van der Waals surface area contributed by atoms with E-state index < -0.39 is 0 Å². The van der Waals surface area contributed by atoms with Gasteiger partial charge in [-0.15, -0.1) is 0 Å². The third-order valence-corrected chi connectivity index (χ3v) is 3.47. The molecule has 0 aromatic heterocycles. The summed E-state index contributed by atoms with van der Waals surface area (Å²) in [7, 11) is 2.07. The quantitative estimate of drug-likeness (QED) is 0.852. The van der Waals surface area contributed by atoms with Crippen molar-refractivity contribution in [3.63, 3.8) is 0 Å². The number of hydrogen-bond donors (Lipinski definition) is 1. The number of rotatable bonds is 6. The van der Waals surface area contributed by atoms with Gasteiger partial charge in [0.25, 0.3) is 0 Å². The van der Waals surface area contributed by atoms with Crippen molar-refractivity contribution in [1.29, 1.82) is 0 Å². The summed E-state index contributed by atoms with van der Waals surface area (Å²) in [4.78, 5) is 14.2. The zero-order valence-corrected chi connectivity index (χ0v) is 12.8. The number of carbonyl (C=O) groups is 1. The Morgan fingerprint density at radius 1 is 1.43 bits per heavy atom. The van der Waals surface area contributed by atoms with Crippen molar-refractivity contribution in [3.05, 3.63) is 29.8 Å². The van der Waals surface area contributed by atoms with E-state index in [-0.39, 0.29) is 12.0 Å². The van der Waals surface area contributed by atoms with Gasteiger partial charge in [-0.1, -0.05) is 12.1 Å². The first-order valence-electron chi connectivity index (χ1n) is 7.46. The molecule has 5 nitrogen and oxygen atoms in total. The summed E-state index contributed by atoms with van der Waals surface area (Å²) in [5.74, 6) is 0.858. The van der Waals surface area contributed by atoms with Crippen molar-refractivity contribution in [2.24, 2.45) is 0 Å². The summed E-state index contributed by atoms with van der Waals surface area (Å²) >= 11 is 0. The largest absolute Gasteiger partial charge is 0.494 e. The molecule has 1 N–H and O–H groups in total. The first kappa shape index (κ1) is 15.8. The third-order valence-electron chi connectivity index (χ3n) is 3.47. The number of likely N-dealkylation sites (N-methyl/N-ethyl adjacent to an activating group) is 1. The van der Waals surface area contributed by atoms with E-state index in [9.17, 15) is 4.79 Å². The molecule has 0 radical (unpaired) electrons. The molecule has 1 aromatic carbocycles. The molecule has 21 heavy (non-hydrogen) atoms. The SMILES string of the molecule is CCOc1ccc(CC(=O)NCC2CN(C)CCO2)cc1. The highest BCUT2D eigenvalue weighted by Crippen LogP contribution is 2.12. The fraction of sp³-hybridized carbons (Fsp3) is 0.562. The Morgan fingerprint density at radius 3 is 2.86 bits per heavy atom. The van der Waals surface area contributed by atoms with Crippen LogP contribution < -0.4 is 10.1 Å². The predicted octanol–water partition coefficient (Wildman–Crippen LogP) is 1.07. The van der Waals surface area contributed by atoms with Gasteiger partial charge in [0.15, 0.2) is 0 Å². The lowest BCUT2D eigenvalue weighted by molar-refractivity contribution is -0.121. The highest BCUT2D eigenvalue weighted by molar-refractivity contribution is 5.78. The smallest absolute Gasteiger partial charge is 0.224 e. The van der Waals surface area contributed by atoms with Crippen molar-refractivity contribution in [2.45, 2.75) is 19.4 Å². The Labute approximate surface area is 126 Å². The second-order valence-electron chi connectivity index (χ2n) is 5.31. The molecule has 1 amide bonds. The summed E-state index contributed by atoms with van der Waals surface area (Å²) < 4.78 is 11.0. The average molecular weight is 292 g/mol. The van der Waals surface area contributed by atoms with Gasteiger partial charge in [0, 0.05) is 19.6 Å². The molecular weight excluding hydrogens is 268 g/mol. The molecule has 1 heterocycles. The highest BCUT2D eigenvalue weighted by Gasteiger charge is 2.18. The average Bonchev–Trinajstić information content (AvgIpc) is 2.48. The predicted molar refractivity (Wildman–Crippen MR) is 81.6 cm³/mol.